The van der Waals surface area contributed by atoms with Crippen LogP contribution in [0.4, 0.5) is 10.1 Å². The van der Waals surface area contributed by atoms with Gasteiger partial charge in [0.05, 0.1) is 25.8 Å². The summed E-state index contributed by atoms with van der Waals surface area (Å²) >= 11 is 0. The summed E-state index contributed by atoms with van der Waals surface area (Å²) in [5.41, 5.74) is 7.80. The number of halogens is 2. The van der Waals surface area contributed by atoms with E-state index in [0.29, 0.717) is 25.7 Å². The Labute approximate surface area is 170 Å². The molecule has 0 aromatic heterocycles. The third kappa shape index (κ3) is 5.93. The lowest BCUT2D eigenvalue weighted by Gasteiger charge is -2.34. The number of nitrogens with zero attached hydrogens (tertiary/aromatic N) is 2. The molecule has 0 aliphatic carbocycles. The van der Waals surface area contributed by atoms with Crippen molar-refractivity contribution in [3.63, 3.8) is 0 Å². The highest BCUT2D eigenvalue weighted by atomic mass is 127. The minimum atomic E-state index is -0.241. The standard InChI is InChI=1S/C19H23FN4O.HI/c20-16-6-4-5-15(13-16)18(24-9-11-25-12-10-24)14-22-19(21)23-17-7-2-1-3-8-17;/h1-8,13,18H,9-12,14H2,(H3,21,22,23);1H. The Bertz CT molecular complexity index is 708. The molecule has 7 heteroatoms. The van der Waals surface area contributed by atoms with Crippen molar-refractivity contribution in [2.75, 3.05) is 38.2 Å². The first kappa shape index (κ1) is 20.6. The lowest BCUT2D eigenvalue weighted by Crippen LogP contribution is -2.40. The van der Waals surface area contributed by atoms with Gasteiger partial charge in [-0.3, -0.25) is 9.89 Å². The van der Waals surface area contributed by atoms with E-state index in [1.54, 1.807) is 12.1 Å². The van der Waals surface area contributed by atoms with Crippen molar-refractivity contribution in [2.45, 2.75) is 6.04 Å². The van der Waals surface area contributed by atoms with Crippen LogP contribution in [0, 0.1) is 5.82 Å². The van der Waals surface area contributed by atoms with Crippen LogP contribution in [0.3, 0.4) is 0 Å². The maximum Gasteiger partial charge on any atom is 0.193 e. The molecule has 1 aliphatic rings. The smallest absolute Gasteiger partial charge is 0.193 e. The van der Waals surface area contributed by atoms with Gasteiger partial charge in [0.2, 0.25) is 0 Å². The van der Waals surface area contributed by atoms with Crippen LogP contribution in [-0.4, -0.2) is 43.7 Å². The highest BCUT2D eigenvalue weighted by Crippen LogP contribution is 2.23. The van der Waals surface area contributed by atoms with Crippen LogP contribution in [0.5, 0.6) is 0 Å². The zero-order valence-electron chi connectivity index (χ0n) is 14.5. The Balaban J connectivity index is 0.00000243. The van der Waals surface area contributed by atoms with Crippen molar-refractivity contribution in [1.82, 2.24) is 4.90 Å². The average Bonchev–Trinajstić information content (AvgIpc) is 2.64. The topological polar surface area (TPSA) is 62.9 Å². The van der Waals surface area contributed by atoms with Gasteiger partial charge in [-0.05, 0) is 29.8 Å². The third-order valence-electron chi connectivity index (χ3n) is 4.20. The van der Waals surface area contributed by atoms with Crippen LogP contribution < -0.4 is 11.1 Å². The van der Waals surface area contributed by atoms with Gasteiger partial charge in [-0.1, -0.05) is 30.3 Å². The summed E-state index contributed by atoms with van der Waals surface area (Å²) in [6.07, 6.45) is 0. The van der Waals surface area contributed by atoms with Crippen LogP contribution >= 0.6 is 24.0 Å². The van der Waals surface area contributed by atoms with Crippen molar-refractivity contribution >= 4 is 35.6 Å². The second-order valence-corrected chi connectivity index (χ2v) is 5.94. The molecule has 1 atom stereocenters. The highest BCUT2D eigenvalue weighted by Gasteiger charge is 2.22. The fraction of sp³-hybridized carbons (Fsp3) is 0.316. The Kier molecular flexibility index (Phi) is 8.27. The van der Waals surface area contributed by atoms with Crippen molar-refractivity contribution in [3.8, 4) is 0 Å². The number of nitrogens with two attached hydrogens (primary N) is 1. The summed E-state index contributed by atoms with van der Waals surface area (Å²) in [6.45, 7) is 3.39. The van der Waals surface area contributed by atoms with Crippen molar-refractivity contribution in [3.05, 3.63) is 66.0 Å². The molecule has 1 saturated heterocycles. The Morgan fingerprint density at radius 3 is 2.58 bits per heavy atom. The zero-order valence-corrected chi connectivity index (χ0v) is 16.8. The molecular weight excluding hydrogens is 446 g/mol. The second kappa shape index (κ2) is 10.4. The van der Waals surface area contributed by atoms with E-state index in [2.05, 4.69) is 15.2 Å². The monoisotopic (exact) mass is 470 g/mol. The predicted octanol–water partition coefficient (Wildman–Crippen LogP) is 3.24. The number of para-hydroxylation sites is 1. The molecule has 2 aromatic carbocycles. The van der Waals surface area contributed by atoms with Gasteiger partial charge < -0.3 is 15.8 Å². The number of anilines is 1. The lowest BCUT2D eigenvalue weighted by atomic mass is 10.0. The van der Waals surface area contributed by atoms with Gasteiger partial charge in [-0.25, -0.2) is 4.39 Å². The van der Waals surface area contributed by atoms with E-state index in [9.17, 15) is 4.39 Å². The number of benzene rings is 2. The maximum atomic E-state index is 13.7. The summed E-state index contributed by atoms with van der Waals surface area (Å²) < 4.78 is 19.1. The molecule has 0 spiro atoms. The van der Waals surface area contributed by atoms with Crippen LogP contribution in [0.1, 0.15) is 11.6 Å². The van der Waals surface area contributed by atoms with E-state index in [1.807, 2.05) is 36.4 Å². The first-order valence-electron chi connectivity index (χ1n) is 8.41. The Morgan fingerprint density at radius 1 is 1.15 bits per heavy atom. The molecule has 2 aromatic rings. The van der Waals surface area contributed by atoms with E-state index < -0.39 is 0 Å². The number of hydrogen-bond donors (Lipinski definition) is 2. The average molecular weight is 470 g/mol. The SMILES string of the molecule is I.NC(=NCC(c1cccc(F)c1)N1CCOCC1)Nc1ccccc1. The lowest BCUT2D eigenvalue weighted by molar-refractivity contribution is 0.0179. The van der Waals surface area contributed by atoms with Crippen molar-refractivity contribution < 1.29 is 9.13 Å². The fourth-order valence-corrected chi connectivity index (χ4v) is 2.93. The summed E-state index contributed by atoms with van der Waals surface area (Å²) in [7, 11) is 0. The van der Waals surface area contributed by atoms with E-state index >= 15 is 0 Å². The molecule has 0 amide bonds. The number of morpholine rings is 1. The molecule has 5 nitrogen and oxygen atoms in total. The minimum absolute atomic E-state index is 0. The summed E-state index contributed by atoms with van der Waals surface area (Å²) in [5, 5.41) is 3.07. The fourth-order valence-electron chi connectivity index (χ4n) is 2.93. The first-order valence-corrected chi connectivity index (χ1v) is 8.41. The number of guanidine groups is 1. The molecular formula is C19H24FIN4O. The molecule has 3 N–H and O–H groups in total. The summed E-state index contributed by atoms with van der Waals surface area (Å²) in [6, 6.07) is 16.3. The highest BCUT2D eigenvalue weighted by molar-refractivity contribution is 14.0. The van der Waals surface area contributed by atoms with Gasteiger partial charge in [0.1, 0.15) is 5.82 Å². The van der Waals surface area contributed by atoms with Gasteiger partial charge in [0.25, 0.3) is 0 Å². The largest absolute Gasteiger partial charge is 0.379 e. The number of nitrogens with one attached hydrogen (secondary N) is 1. The van der Waals surface area contributed by atoms with Gasteiger partial charge >= 0.3 is 0 Å². The Morgan fingerprint density at radius 2 is 1.88 bits per heavy atom. The van der Waals surface area contributed by atoms with Gasteiger partial charge in [-0.15, -0.1) is 24.0 Å². The number of rotatable bonds is 5. The number of ether oxygens (including phenoxy) is 1. The zero-order chi connectivity index (χ0) is 17.5. The molecule has 26 heavy (non-hydrogen) atoms. The van der Waals surface area contributed by atoms with Gasteiger partial charge in [0.15, 0.2) is 5.96 Å². The van der Waals surface area contributed by atoms with Crippen LogP contribution in [-0.2, 0) is 4.74 Å². The molecule has 1 aliphatic heterocycles. The van der Waals surface area contributed by atoms with Crippen LogP contribution in [0.15, 0.2) is 59.6 Å². The molecule has 1 heterocycles. The molecule has 0 radical (unpaired) electrons. The summed E-state index contributed by atoms with van der Waals surface area (Å²) in [5.74, 6) is 0.107. The van der Waals surface area contributed by atoms with E-state index in [0.717, 1.165) is 24.3 Å². The Hall–Kier alpha value is -1.71. The van der Waals surface area contributed by atoms with E-state index in [1.165, 1.54) is 6.07 Å². The first-order chi connectivity index (χ1) is 12.2. The second-order valence-electron chi connectivity index (χ2n) is 5.94. The van der Waals surface area contributed by atoms with Gasteiger partial charge in [0, 0.05) is 18.8 Å². The quantitative estimate of drug-likeness (QED) is 0.400. The van der Waals surface area contributed by atoms with Crippen molar-refractivity contribution in [1.29, 1.82) is 0 Å². The van der Waals surface area contributed by atoms with Crippen LogP contribution in [0.25, 0.3) is 0 Å². The third-order valence-corrected chi connectivity index (χ3v) is 4.20. The number of aliphatic imine (C=N–C) groups is 1. The number of hydrogen-bond acceptors (Lipinski definition) is 3. The molecule has 140 valence electrons. The predicted molar refractivity (Wildman–Crippen MR) is 114 cm³/mol. The van der Waals surface area contributed by atoms with E-state index in [-0.39, 0.29) is 35.8 Å². The molecule has 1 fully saturated rings. The molecule has 0 saturated carbocycles. The summed E-state index contributed by atoms with van der Waals surface area (Å²) in [4.78, 5) is 6.74. The minimum Gasteiger partial charge on any atom is -0.379 e. The van der Waals surface area contributed by atoms with Crippen molar-refractivity contribution in [2.24, 2.45) is 10.7 Å². The van der Waals surface area contributed by atoms with E-state index in [4.69, 9.17) is 10.5 Å². The molecule has 1 unspecified atom stereocenters. The molecule has 3 rings (SSSR count). The van der Waals surface area contributed by atoms with Crippen LogP contribution in [0.2, 0.25) is 0 Å². The normalized spacial score (nSPS) is 16.6. The van der Waals surface area contributed by atoms with Gasteiger partial charge in [-0.2, -0.15) is 0 Å². The molecule has 0 bridgehead atoms. The maximum absolute atomic E-state index is 13.7.